The molecule has 0 aliphatic carbocycles. The molecule has 4 N–H and O–H groups in total. The minimum atomic E-state index is -0.385. The number of nitrogens with two attached hydrogens (primary N) is 1. The van der Waals surface area contributed by atoms with Gasteiger partial charge in [-0.25, -0.2) is 14.4 Å². The molecule has 1 amide bonds. The van der Waals surface area contributed by atoms with Gasteiger partial charge in [-0.15, -0.1) is 0 Å². The minimum Gasteiger partial charge on any atom is -0.382 e. The third-order valence-electron chi connectivity index (χ3n) is 2.63. The zero-order chi connectivity index (χ0) is 15.2. The van der Waals surface area contributed by atoms with Gasteiger partial charge < -0.3 is 16.4 Å². The molecule has 0 aliphatic rings. The van der Waals surface area contributed by atoms with Crippen LogP contribution in [0.4, 0.5) is 16.0 Å². The van der Waals surface area contributed by atoms with Crippen molar-refractivity contribution in [3.63, 3.8) is 0 Å². The molecular weight excluding hydrogens is 297 g/mol. The van der Waals surface area contributed by atoms with Gasteiger partial charge in [-0.2, -0.15) is 0 Å². The number of nitrogens with zero attached hydrogens (tertiary/aromatic N) is 2. The molecule has 0 fully saturated rings. The second-order valence-corrected chi connectivity index (χ2v) is 4.49. The van der Waals surface area contributed by atoms with Crippen molar-refractivity contribution in [2.75, 3.05) is 24.1 Å². The molecule has 0 saturated heterocycles. The molecule has 1 aromatic heterocycles. The van der Waals surface area contributed by atoms with Crippen molar-refractivity contribution in [2.24, 2.45) is 0 Å². The van der Waals surface area contributed by atoms with Crippen LogP contribution in [0.3, 0.4) is 0 Å². The molecule has 0 unspecified atom stereocenters. The Morgan fingerprint density at radius 3 is 2.67 bits per heavy atom. The topological polar surface area (TPSA) is 92.9 Å². The van der Waals surface area contributed by atoms with Crippen LogP contribution in [0.5, 0.6) is 0 Å². The summed E-state index contributed by atoms with van der Waals surface area (Å²) in [6.07, 6.45) is 1.29. The fourth-order valence-electron chi connectivity index (χ4n) is 1.57. The smallest absolute Gasteiger partial charge is 0.251 e. The van der Waals surface area contributed by atoms with E-state index < -0.39 is 0 Å². The number of anilines is 2. The van der Waals surface area contributed by atoms with E-state index in [0.717, 1.165) is 0 Å². The highest BCUT2D eigenvalue weighted by molar-refractivity contribution is 6.35. The van der Waals surface area contributed by atoms with E-state index in [2.05, 4.69) is 20.6 Å². The minimum absolute atomic E-state index is 0.185. The number of rotatable bonds is 5. The van der Waals surface area contributed by atoms with Crippen LogP contribution in [0.25, 0.3) is 0 Å². The van der Waals surface area contributed by atoms with Crippen molar-refractivity contribution in [2.45, 2.75) is 0 Å². The molecular formula is C13H13ClFN5O. The number of nitrogens with one attached hydrogen (secondary N) is 2. The van der Waals surface area contributed by atoms with Crippen LogP contribution < -0.4 is 16.4 Å². The average molecular weight is 310 g/mol. The lowest BCUT2D eigenvalue weighted by atomic mass is 10.2. The van der Waals surface area contributed by atoms with Crippen molar-refractivity contribution < 1.29 is 9.18 Å². The van der Waals surface area contributed by atoms with Gasteiger partial charge in [-0.3, -0.25) is 4.79 Å². The van der Waals surface area contributed by atoms with E-state index in [-0.39, 0.29) is 22.6 Å². The Morgan fingerprint density at radius 2 is 1.95 bits per heavy atom. The molecule has 0 atom stereocenters. The molecule has 1 heterocycles. The fraction of sp³-hybridized carbons (Fsp3) is 0.154. The number of aromatic nitrogens is 2. The van der Waals surface area contributed by atoms with Crippen LogP contribution in [0, 0.1) is 5.82 Å². The standard InChI is InChI=1S/C13H13ClFN5O/c14-10-11(16)19-7-20-12(10)17-5-6-18-13(21)8-1-3-9(15)4-2-8/h1-4,7H,5-6H2,(H,18,21)(H3,16,17,19,20). The summed E-state index contributed by atoms with van der Waals surface area (Å²) in [5, 5.41) is 5.85. The lowest BCUT2D eigenvalue weighted by Gasteiger charge is -2.09. The van der Waals surface area contributed by atoms with Crippen LogP contribution in [0.15, 0.2) is 30.6 Å². The Hall–Kier alpha value is -2.41. The van der Waals surface area contributed by atoms with Gasteiger partial charge in [-0.05, 0) is 24.3 Å². The summed E-state index contributed by atoms with van der Waals surface area (Å²) in [5.74, 6) is -0.0842. The van der Waals surface area contributed by atoms with E-state index >= 15 is 0 Å². The first-order valence-corrected chi connectivity index (χ1v) is 6.49. The number of halogens is 2. The Morgan fingerprint density at radius 1 is 1.24 bits per heavy atom. The molecule has 0 bridgehead atoms. The van der Waals surface area contributed by atoms with Crippen LogP contribution in [0.2, 0.25) is 5.02 Å². The van der Waals surface area contributed by atoms with E-state index in [4.69, 9.17) is 17.3 Å². The van der Waals surface area contributed by atoms with E-state index in [0.29, 0.717) is 24.5 Å². The summed E-state index contributed by atoms with van der Waals surface area (Å²) < 4.78 is 12.7. The van der Waals surface area contributed by atoms with E-state index in [1.165, 1.54) is 30.6 Å². The number of carbonyl (C=O) groups is 1. The highest BCUT2D eigenvalue weighted by Gasteiger charge is 2.07. The largest absolute Gasteiger partial charge is 0.382 e. The first-order valence-electron chi connectivity index (χ1n) is 6.11. The summed E-state index contributed by atoms with van der Waals surface area (Å²) in [5.41, 5.74) is 5.93. The zero-order valence-electron chi connectivity index (χ0n) is 10.9. The molecule has 2 rings (SSSR count). The average Bonchev–Trinajstić information content (AvgIpc) is 2.48. The quantitative estimate of drug-likeness (QED) is 0.731. The van der Waals surface area contributed by atoms with Gasteiger partial charge in [-0.1, -0.05) is 11.6 Å². The van der Waals surface area contributed by atoms with Gasteiger partial charge in [0.15, 0.2) is 5.82 Å². The number of hydrogen-bond acceptors (Lipinski definition) is 5. The molecule has 6 nitrogen and oxygen atoms in total. The molecule has 0 spiro atoms. The first kappa shape index (κ1) is 15.0. The molecule has 0 aliphatic heterocycles. The lowest BCUT2D eigenvalue weighted by Crippen LogP contribution is -2.29. The molecule has 110 valence electrons. The Kier molecular flexibility index (Phi) is 4.89. The van der Waals surface area contributed by atoms with Crippen LogP contribution in [0.1, 0.15) is 10.4 Å². The van der Waals surface area contributed by atoms with Crippen LogP contribution in [-0.4, -0.2) is 29.0 Å². The number of benzene rings is 1. The second-order valence-electron chi connectivity index (χ2n) is 4.11. The van der Waals surface area contributed by atoms with Crippen molar-refractivity contribution >= 4 is 29.1 Å². The normalized spacial score (nSPS) is 10.2. The van der Waals surface area contributed by atoms with Gasteiger partial charge in [0.2, 0.25) is 0 Å². The highest BCUT2D eigenvalue weighted by Crippen LogP contribution is 2.22. The van der Waals surface area contributed by atoms with E-state index in [9.17, 15) is 9.18 Å². The number of carbonyl (C=O) groups excluding carboxylic acids is 1. The van der Waals surface area contributed by atoms with Crippen LogP contribution >= 0.6 is 11.6 Å². The van der Waals surface area contributed by atoms with Gasteiger partial charge in [0, 0.05) is 18.7 Å². The molecule has 1 aromatic carbocycles. The molecule has 21 heavy (non-hydrogen) atoms. The summed E-state index contributed by atoms with van der Waals surface area (Å²) in [6.45, 7) is 0.750. The first-order chi connectivity index (χ1) is 10.1. The van der Waals surface area contributed by atoms with Gasteiger partial charge in [0.25, 0.3) is 5.91 Å². The molecule has 8 heteroatoms. The number of amides is 1. The monoisotopic (exact) mass is 309 g/mol. The van der Waals surface area contributed by atoms with Crippen molar-refractivity contribution in [3.8, 4) is 0 Å². The van der Waals surface area contributed by atoms with Crippen LogP contribution in [-0.2, 0) is 0 Å². The van der Waals surface area contributed by atoms with Gasteiger partial charge >= 0.3 is 0 Å². The predicted octanol–water partition coefficient (Wildman–Crippen LogP) is 1.69. The number of nitrogen functional groups attached to an aromatic ring is 1. The molecule has 0 radical (unpaired) electrons. The summed E-state index contributed by atoms with van der Waals surface area (Å²) in [6, 6.07) is 5.30. The summed E-state index contributed by atoms with van der Waals surface area (Å²) >= 11 is 5.91. The summed E-state index contributed by atoms with van der Waals surface area (Å²) in [7, 11) is 0. The fourth-order valence-corrected chi connectivity index (χ4v) is 1.73. The Balaban J connectivity index is 1.80. The van der Waals surface area contributed by atoms with E-state index in [1.807, 2.05) is 0 Å². The van der Waals surface area contributed by atoms with Gasteiger partial charge in [0.1, 0.15) is 23.0 Å². The maximum atomic E-state index is 12.7. The van der Waals surface area contributed by atoms with Gasteiger partial charge in [0.05, 0.1) is 0 Å². The third kappa shape index (κ3) is 4.03. The predicted molar refractivity (Wildman–Crippen MR) is 78.7 cm³/mol. The SMILES string of the molecule is Nc1ncnc(NCCNC(=O)c2ccc(F)cc2)c1Cl. The highest BCUT2D eigenvalue weighted by atomic mass is 35.5. The van der Waals surface area contributed by atoms with Crippen molar-refractivity contribution in [1.29, 1.82) is 0 Å². The lowest BCUT2D eigenvalue weighted by molar-refractivity contribution is 0.0955. The maximum Gasteiger partial charge on any atom is 0.251 e. The van der Waals surface area contributed by atoms with E-state index in [1.54, 1.807) is 0 Å². The molecule has 0 saturated carbocycles. The molecule has 2 aromatic rings. The third-order valence-corrected chi connectivity index (χ3v) is 3.00. The summed E-state index contributed by atoms with van der Waals surface area (Å²) in [4.78, 5) is 19.4. The Labute approximate surface area is 125 Å². The Bertz CT molecular complexity index is 635. The maximum absolute atomic E-state index is 12.7. The van der Waals surface area contributed by atoms with Crippen molar-refractivity contribution in [3.05, 3.63) is 47.0 Å². The second kappa shape index (κ2) is 6.85. The van der Waals surface area contributed by atoms with Crippen molar-refractivity contribution in [1.82, 2.24) is 15.3 Å². The zero-order valence-corrected chi connectivity index (χ0v) is 11.7. The number of hydrogen-bond donors (Lipinski definition) is 3.